The van der Waals surface area contributed by atoms with Gasteiger partial charge in [-0.2, -0.15) is 18.1 Å². The van der Waals surface area contributed by atoms with E-state index in [1.165, 1.54) is 0 Å². The van der Waals surface area contributed by atoms with Gasteiger partial charge in [0, 0.05) is 4.47 Å². The Labute approximate surface area is 136 Å². The lowest BCUT2D eigenvalue weighted by Crippen LogP contribution is -2.26. The van der Waals surface area contributed by atoms with Crippen LogP contribution in [0, 0.1) is 0 Å². The molecular formula is C12H10BrF2N5O3. The largest absolute Gasteiger partial charge is 0.445 e. The zero-order valence-corrected chi connectivity index (χ0v) is 13.0. The molecule has 0 radical (unpaired) electrons. The second-order valence-electron chi connectivity index (χ2n) is 4.28. The van der Waals surface area contributed by atoms with Gasteiger partial charge in [0.1, 0.15) is 6.61 Å². The molecule has 11 heteroatoms. The summed E-state index contributed by atoms with van der Waals surface area (Å²) in [4.78, 5) is 22.6. The summed E-state index contributed by atoms with van der Waals surface area (Å²) in [5.74, 6) is 0. The zero-order chi connectivity index (χ0) is 17.0. The number of carbonyl (C=O) groups excluding carboxylic acids is 1. The van der Waals surface area contributed by atoms with E-state index in [4.69, 9.17) is 5.73 Å². The summed E-state index contributed by atoms with van der Waals surface area (Å²) >= 11 is 3.25. The molecule has 0 saturated carbocycles. The maximum atomic E-state index is 12.8. The smallest absolute Gasteiger partial charge is 0.404 e. The highest BCUT2D eigenvalue weighted by Gasteiger charge is 2.15. The van der Waals surface area contributed by atoms with E-state index in [1.807, 2.05) is 0 Å². The monoisotopic (exact) mass is 389 g/mol. The van der Waals surface area contributed by atoms with Crippen molar-refractivity contribution in [3.05, 3.63) is 50.9 Å². The van der Waals surface area contributed by atoms with Gasteiger partial charge < -0.3 is 10.5 Å². The van der Waals surface area contributed by atoms with E-state index in [9.17, 15) is 18.4 Å². The van der Waals surface area contributed by atoms with E-state index in [2.05, 4.69) is 31.1 Å². The number of tetrazole rings is 1. The molecular weight excluding hydrogens is 380 g/mol. The van der Waals surface area contributed by atoms with Crippen LogP contribution in [0.5, 0.6) is 0 Å². The van der Waals surface area contributed by atoms with Crippen LogP contribution in [0.15, 0.2) is 45.2 Å². The van der Waals surface area contributed by atoms with Crippen LogP contribution < -0.4 is 11.4 Å². The summed E-state index contributed by atoms with van der Waals surface area (Å²) in [6, 6.07) is 6.59. The van der Waals surface area contributed by atoms with E-state index in [1.54, 1.807) is 24.3 Å². The molecule has 1 heterocycles. The van der Waals surface area contributed by atoms with Crippen molar-refractivity contribution >= 4 is 22.0 Å². The summed E-state index contributed by atoms with van der Waals surface area (Å²) in [5, 5.41) is 7.16. The maximum absolute atomic E-state index is 12.8. The van der Waals surface area contributed by atoms with Crippen LogP contribution >= 0.6 is 15.9 Å². The lowest BCUT2D eigenvalue weighted by molar-refractivity contribution is 0.163. The van der Waals surface area contributed by atoms with E-state index in [0.29, 0.717) is 5.69 Å². The normalized spacial score (nSPS) is 10.4. The number of carbonyl (C=O) groups is 1. The molecule has 0 atom stereocenters. The number of benzene rings is 1. The van der Waals surface area contributed by atoms with E-state index < -0.39 is 36.6 Å². The summed E-state index contributed by atoms with van der Waals surface area (Å²) in [5.41, 5.74) is 3.82. The molecule has 0 spiro atoms. The van der Waals surface area contributed by atoms with Crippen molar-refractivity contribution in [2.45, 2.75) is 6.54 Å². The fourth-order valence-electron chi connectivity index (χ4n) is 1.62. The first-order valence-electron chi connectivity index (χ1n) is 6.12. The average molecular weight is 390 g/mol. The SMILES string of the molecule is NC(=O)OCC(Cn1nnn(-c2ccc(Br)cc2)c1=O)=C(F)F. The molecule has 8 nitrogen and oxygen atoms in total. The second-order valence-corrected chi connectivity index (χ2v) is 5.19. The predicted octanol–water partition coefficient (Wildman–Crippen LogP) is 1.44. The van der Waals surface area contributed by atoms with Crippen LogP contribution in [0.2, 0.25) is 0 Å². The molecule has 2 N–H and O–H groups in total. The second kappa shape index (κ2) is 7.13. The van der Waals surface area contributed by atoms with Crippen LogP contribution in [0.3, 0.4) is 0 Å². The van der Waals surface area contributed by atoms with Gasteiger partial charge in [-0.1, -0.05) is 15.9 Å². The molecule has 122 valence electrons. The lowest BCUT2D eigenvalue weighted by Gasteiger charge is -2.05. The summed E-state index contributed by atoms with van der Waals surface area (Å²) < 4.78 is 32.4. The number of ether oxygens (including phenoxy) is 1. The Bertz CT molecular complexity index is 796. The molecule has 2 aromatic rings. The van der Waals surface area contributed by atoms with Crippen molar-refractivity contribution in [2.75, 3.05) is 6.61 Å². The van der Waals surface area contributed by atoms with Gasteiger partial charge in [-0.3, -0.25) is 0 Å². The topological polar surface area (TPSA) is 105 Å². The number of nitrogens with zero attached hydrogens (tertiary/aromatic N) is 4. The molecule has 2 rings (SSSR count). The first-order valence-corrected chi connectivity index (χ1v) is 6.92. The molecule has 0 fully saturated rings. The minimum Gasteiger partial charge on any atom is -0.445 e. The first kappa shape index (κ1) is 16.8. The van der Waals surface area contributed by atoms with Crippen molar-refractivity contribution in [3.8, 4) is 5.69 Å². The molecule has 0 aliphatic carbocycles. The highest BCUT2D eigenvalue weighted by molar-refractivity contribution is 9.10. The third-order valence-corrected chi connectivity index (χ3v) is 3.24. The van der Waals surface area contributed by atoms with Gasteiger partial charge in [-0.05, 0) is 34.7 Å². The van der Waals surface area contributed by atoms with Crippen molar-refractivity contribution in [1.29, 1.82) is 0 Å². The molecule has 1 aromatic carbocycles. The summed E-state index contributed by atoms with van der Waals surface area (Å²) in [7, 11) is 0. The van der Waals surface area contributed by atoms with Gasteiger partial charge in [0.05, 0.1) is 17.8 Å². The van der Waals surface area contributed by atoms with Gasteiger partial charge in [-0.25, -0.2) is 9.59 Å². The Morgan fingerprint density at radius 3 is 2.48 bits per heavy atom. The predicted molar refractivity (Wildman–Crippen MR) is 78.1 cm³/mol. The summed E-state index contributed by atoms with van der Waals surface area (Å²) in [6.45, 7) is -1.32. The highest BCUT2D eigenvalue weighted by Crippen LogP contribution is 2.12. The fraction of sp³-hybridized carbons (Fsp3) is 0.167. The zero-order valence-electron chi connectivity index (χ0n) is 11.4. The van der Waals surface area contributed by atoms with E-state index >= 15 is 0 Å². The van der Waals surface area contributed by atoms with Crippen molar-refractivity contribution in [1.82, 2.24) is 19.8 Å². The Morgan fingerprint density at radius 1 is 1.26 bits per heavy atom. The molecule has 1 aromatic heterocycles. The van der Waals surface area contributed by atoms with Gasteiger partial charge in [-0.15, -0.1) is 0 Å². The number of halogens is 3. The standard InChI is InChI=1S/C12H10BrF2N5O3/c13-8-1-3-9(4-2-8)20-12(22)19(17-18-20)5-7(10(14)15)6-23-11(16)21/h1-4H,5-6H2,(H2,16,21). The highest BCUT2D eigenvalue weighted by atomic mass is 79.9. The molecule has 23 heavy (non-hydrogen) atoms. The molecule has 0 aliphatic heterocycles. The van der Waals surface area contributed by atoms with Crippen LogP contribution in [-0.4, -0.2) is 32.5 Å². The third kappa shape index (κ3) is 4.22. The average Bonchev–Trinajstić information content (AvgIpc) is 2.85. The molecule has 0 bridgehead atoms. The van der Waals surface area contributed by atoms with Gasteiger partial charge in [0.15, 0.2) is 0 Å². The number of hydrogen-bond acceptors (Lipinski definition) is 5. The number of hydrogen-bond donors (Lipinski definition) is 1. The Morgan fingerprint density at radius 2 is 1.91 bits per heavy atom. The number of nitrogens with two attached hydrogens (primary N) is 1. The van der Waals surface area contributed by atoms with E-state index in [0.717, 1.165) is 13.8 Å². The molecule has 0 unspecified atom stereocenters. The Hall–Kier alpha value is -2.56. The Balaban J connectivity index is 2.25. The van der Waals surface area contributed by atoms with Gasteiger partial charge in [0.25, 0.3) is 6.08 Å². The first-order chi connectivity index (χ1) is 10.9. The number of rotatable bonds is 5. The molecule has 0 saturated heterocycles. The van der Waals surface area contributed by atoms with Crippen LogP contribution in [0.4, 0.5) is 13.6 Å². The maximum Gasteiger partial charge on any atom is 0.404 e. The third-order valence-electron chi connectivity index (χ3n) is 2.71. The van der Waals surface area contributed by atoms with Gasteiger partial charge in [0.2, 0.25) is 0 Å². The van der Waals surface area contributed by atoms with Gasteiger partial charge >= 0.3 is 11.8 Å². The summed E-state index contributed by atoms with van der Waals surface area (Å²) in [6.07, 6.45) is -3.29. The molecule has 1 amide bonds. The minimum absolute atomic E-state index is 0.420. The number of amides is 1. The Kier molecular flexibility index (Phi) is 5.21. The van der Waals surface area contributed by atoms with Crippen LogP contribution in [0.25, 0.3) is 5.69 Å². The number of primary amides is 1. The quantitative estimate of drug-likeness (QED) is 0.832. The number of aromatic nitrogens is 4. The van der Waals surface area contributed by atoms with Crippen LogP contribution in [0.1, 0.15) is 0 Å². The van der Waals surface area contributed by atoms with E-state index in [-0.39, 0.29) is 0 Å². The van der Waals surface area contributed by atoms with Crippen LogP contribution in [-0.2, 0) is 11.3 Å². The minimum atomic E-state index is -2.09. The van der Waals surface area contributed by atoms with Crippen molar-refractivity contribution < 1.29 is 18.3 Å². The fourth-order valence-corrected chi connectivity index (χ4v) is 1.88. The lowest BCUT2D eigenvalue weighted by atomic mass is 10.3. The molecule has 0 aliphatic rings. The van der Waals surface area contributed by atoms with Crippen molar-refractivity contribution in [3.63, 3.8) is 0 Å². The van der Waals surface area contributed by atoms with Crippen molar-refractivity contribution in [2.24, 2.45) is 5.73 Å².